The molecule has 1 N–H and O–H groups in total. The first-order valence-electron chi connectivity index (χ1n) is 5.26. The average Bonchev–Trinajstić information content (AvgIpc) is 3.18. The van der Waals surface area contributed by atoms with Gasteiger partial charge in [0.15, 0.2) is 6.29 Å². The zero-order chi connectivity index (χ0) is 12.0. The van der Waals surface area contributed by atoms with E-state index < -0.39 is 9.28 Å². The Labute approximate surface area is 97.2 Å². The van der Waals surface area contributed by atoms with Gasteiger partial charge < -0.3 is 28.2 Å². The molecule has 3 atom stereocenters. The summed E-state index contributed by atoms with van der Waals surface area (Å²) < 4.78 is 24.6. The second kappa shape index (κ2) is 7.33. The molecule has 2 saturated heterocycles. The Bertz CT molecular complexity index is 185. The second-order valence-electron chi connectivity index (χ2n) is 3.55. The molecule has 0 spiro atoms. The molecular formula is C9H20O6Si. The van der Waals surface area contributed by atoms with E-state index in [1.807, 2.05) is 6.55 Å². The minimum Gasteiger partial charge on any atom is -0.400 e. The summed E-state index contributed by atoms with van der Waals surface area (Å²) >= 11 is 0. The van der Waals surface area contributed by atoms with Crippen LogP contribution in [-0.4, -0.2) is 66.9 Å². The van der Waals surface area contributed by atoms with Gasteiger partial charge in [-0.2, -0.15) is 0 Å². The van der Waals surface area contributed by atoms with E-state index in [2.05, 4.69) is 0 Å². The first kappa shape index (κ1) is 14.0. The van der Waals surface area contributed by atoms with Gasteiger partial charge in [0.05, 0.1) is 19.8 Å². The average molecular weight is 252 g/mol. The Morgan fingerprint density at radius 3 is 2.31 bits per heavy atom. The highest BCUT2D eigenvalue weighted by Gasteiger charge is 2.40. The standard InChI is InChI=1S/C6H10O4.C3H10O2Si/c7-1-5-6(10-5)9-3-4-2-8-4;1-4-6(3)5-2/h4-7H,1-3H2;6H,1-3H3. The van der Waals surface area contributed by atoms with E-state index in [1.165, 1.54) is 0 Å². The van der Waals surface area contributed by atoms with Crippen LogP contribution in [-0.2, 0) is 23.1 Å². The molecule has 0 aliphatic carbocycles. The number of hydrogen-bond donors (Lipinski definition) is 1. The fourth-order valence-corrected chi connectivity index (χ4v) is 1.06. The van der Waals surface area contributed by atoms with Gasteiger partial charge in [0, 0.05) is 14.2 Å². The smallest absolute Gasteiger partial charge is 0.317 e. The summed E-state index contributed by atoms with van der Waals surface area (Å²) in [4.78, 5) is 0. The number of aliphatic hydroxyl groups is 1. The van der Waals surface area contributed by atoms with Crippen molar-refractivity contribution in [2.75, 3.05) is 34.0 Å². The highest BCUT2D eigenvalue weighted by atomic mass is 28.3. The van der Waals surface area contributed by atoms with Crippen molar-refractivity contribution >= 4 is 9.28 Å². The van der Waals surface area contributed by atoms with E-state index in [0.717, 1.165) is 6.61 Å². The molecule has 0 amide bonds. The fourth-order valence-electron chi connectivity index (χ4n) is 0.865. The van der Waals surface area contributed by atoms with E-state index in [-0.39, 0.29) is 25.1 Å². The van der Waals surface area contributed by atoms with Crippen molar-refractivity contribution in [2.24, 2.45) is 0 Å². The van der Waals surface area contributed by atoms with E-state index in [1.54, 1.807) is 14.2 Å². The molecule has 0 aromatic rings. The normalized spacial score (nSPS) is 30.9. The van der Waals surface area contributed by atoms with Gasteiger partial charge in [0.1, 0.15) is 12.2 Å². The van der Waals surface area contributed by atoms with Gasteiger partial charge >= 0.3 is 9.28 Å². The molecule has 7 heteroatoms. The van der Waals surface area contributed by atoms with Crippen LogP contribution in [0.15, 0.2) is 0 Å². The third-order valence-corrected chi connectivity index (χ3v) is 3.56. The Morgan fingerprint density at radius 1 is 1.38 bits per heavy atom. The van der Waals surface area contributed by atoms with Gasteiger partial charge in [0.25, 0.3) is 0 Å². The summed E-state index contributed by atoms with van der Waals surface area (Å²) in [6.07, 6.45) is 0.0245. The van der Waals surface area contributed by atoms with Crippen molar-refractivity contribution in [2.45, 2.75) is 25.0 Å². The highest BCUT2D eigenvalue weighted by molar-refractivity contribution is 6.42. The van der Waals surface area contributed by atoms with Crippen LogP contribution < -0.4 is 0 Å². The zero-order valence-electron chi connectivity index (χ0n) is 9.92. The summed E-state index contributed by atoms with van der Waals surface area (Å²) in [5.41, 5.74) is 0. The van der Waals surface area contributed by atoms with Crippen LogP contribution in [0, 0.1) is 0 Å². The molecule has 2 heterocycles. The molecule has 16 heavy (non-hydrogen) atoms. The predicted octanol–water partition coefficient (Wildman–Crippen LogP) is -0.751. The van der Waals surface area contributed by atoms with Crippen LogP contribution in [0.25, 0.3) is 0 Å². The van der Waals surface area contributed by atoms with E-state index in [0.29, 0.717) is 6.61 Å². The van der Waals surface area contributed by atoms with Crippen molar-refractivity contribution < 1.29 is 28.2 Å². The van der Waals surface area contributed by atoms with Gasteiger partial charge in [-0.05, 0) is 6.55 Å². The number of rotatable bonds is 6. The lowest BCUT2D eigenvalue weighted by molar-refractivity contribution is 0.0405. The van der Waals surface area contributed by atoms with Gasteiger partial charge in [0.2, 0.25) is 0 Å². The minimum absolute atomic E-state index is 0.0518. The molecular weight excluding hydrogens is 232 g/mol. The molecule has 2 rings (SSSR count). The molecule has 0 aromatic carbocycles. The number of epoxide rings is 2. The molecule has 0 saturated carbocycles. The fraction of sp³-hybridized carbons (Fsp3) is 1.00. The van der Waals surface area contributed by atoms with E-state index in [9.17, 15) is 0 Å². The van der Waals surface area contributed by atoms with Crippen LogP contribution in [0.2, 0.25) is 6.55 Å². The Balaban J connectivity index is 0.000000187. The van der Waals surface area contributed by atoms with Crippen LogP contribution in [0.4, 0.5) is 0 Å². The lowest BCUT2D eigenvalue weighted by Crippen LogP contribution is -2.12. The van der Waals surface area contributed by atoms with E-state index >= 15 is 0 Å². The molecule has 96 valence electrons. The van der Waals surface area contributed by atoms with Gasteiger partial charge in [-0.25, -0.2) is 0 Å². The molecule has 2 aliphatic rings. The molecule has 0 aromatic heterocycles. The van der Waals surface area contributed by atoms with Gasteiger partial charge in [-0.3, -0.25) is 0 Å². The van der Waals surface area contributed by atoms with Gasteiger partial charge in [-0.15, -0.1) is 0 Å². The minimum atomic E-state index is -1.16. The van der Waals surface area contributed by atoms with Crippen LogP contribution >= 0.6 is 0 Å². The molecule has 0 radical (unpaired) electrons. The Kier molecular flexibility index (Phi) is 6.43. The molecule has 0 bridgehead atoms. The summed E-state index contributed by atoms with van der Waals surface area (Å²) in [5, 5.41) is 8.52. The highest BCUT2D eigenvalue weighted by Crippen LogP contribution is 2.23. The van der Waals surface area contributed by atoms with Crippen LogP contribution in [0.1, 0.15) is 0 Å². The third kappa shape index (κ3) is 5.90. The predicted molar refractivity (Wildman–Crippen MR) is 58.5 cm³/mol. The molecule has 3 unspecified atom stereocenters. The monoisotopic (exact) mass is 252 g/mol. The Morgan fingerprint density at radius 2 is 2.00 bits per heavy atom. The number of ether oxygens (including phenoxy) is 3. The molecule has 2 aliphatic heterocycles. The number of hydrogen-bond acceptors (Lipinski definition) is 6. The Hall–Kier alpha value is -0.0231. The van der Waals surface area contributed by atoms with Gasteiger partial charge in [-0.1, -0.05) is 0 Å². The lowest BCUT2D eigenvalue weighted by atomic mass is 10.5. The summed E-state index contributed by atoms with van der Waals surface area (Å²) in [6.45, 7) is 3.42. The van der Waals surface area contributed by atoms with Crippen molar-refractivity contribution in [3.05, 3.63) is 0 Å². The summed E-state index contributed by atoms with van der Waals surface area (Å²) in [5.74, 6) is 0. The molecule has 6 nitrogen and oxygen atoms in total. The second-order valence-corrected chi connectivity index (χ2v) is 5.63. The largest absolute Gasteiger partial charge is 0.400 e. The lowest BCUT2D eigenvalue weighted by Gasteiger charge is -2.00. The van der Waals surface area contributed by atoms with Crippen molar-refractivity contribution in [1.29, 1.82) is 0 Å². The number of aliphatic hydroxyl groups excluding tert-OH is 1. The molecule has 2 fully saturated rings. The topological polar surface area (TPSA) is 73.0 Å². The maximum atomic E-state index is 8.52. The summed E-state index contributed by atoms with van der Waals surface area (Å²) in [6, 6.07) is 0. The van der Waals surface area contributed by atoms with Crippen molar-refractivity contribution in [1.82, 2.24) is 0 Å². The quantitative estimate of drug-likeness (QED) is 0.495. The van der Waals surface area contributed by atoms with Crippen LogP contribution in [0.3, 0.4) is 0 Å². The first-order valence-corrected chi connectivity index (χ1v) is 7.36. The maximum absolute atomic E-state index is 8.52. The first-order chi connectivity index (χ1) is 7.71. The third-order valence-electron chi connectivity index (χ3n) is 2.23. The maximum Gasteiger partial charge on any atom is 0.317 e. The SMILES string of the molecule is CO[SiH](C)OC.OCC1OC1OCC1CO1. The van der Waals surface area contributed by atoms with E-state index in [4.69, 9.17) is 28.2 Å². The summed E-state index contributed by atoms with van der Waals surface area (Å²) in [7, 11) is 2.17. The van der Waals surface area contributed by atoms with Crippen molar-refractivity contribution in [3.8, 4) is 0 Å². The van der Waals surface area contributed by atoms with Crippen LogP contribution in [0.5, 0.6) is 0 Å². The zero-order valence-corrected chi connectivity index (χ0v) is 11.1. The van der Waals surface area contributed by atoms with Crippen molar-refractivity contribution in [3.63, 3.8) is 0 Å².